The number of aromatic nitrogens is 1. The molecule has 0 bridgehead atoms. The Morgan fingerprint density at radius 1 is 1.35 bits per heavy atom. The molecular weight excluding hydrogens is 403 g/mol. The van der Waals surface area contributed by atoms with Crippen LogP contribution < -0.4 is 10.6 Å². The van der Waals surface area contributed by atoms with Crippen molar-refractivity contribution < 1.29 is 0 Å². The van der Waals surface area contributed by atoms with Crippen LogP contribution in [0.2, 0.25) is 0 Å². The Balaban J connectivity index is 0.00000361. The van der Waals surface area contributed by atoms with E-state index in [0.717, 1.165) is 48.5 Å². The van der Waals surface area contributed by atoms with Gasteiger partial charge in [0, 0.05) is 30.1 Å². The Morgan fingerprint density at radius 2 is 2.10 bits per heavy atom. The molecule has 0 amide bonds. The molecule has 0 aliphatic heterocycles. The third kappa shape index (κ3) is 7.68. The topological polar surface area (TPSA) is 49.3 Å². The van der Waals surface area contributed by atoms with Gasteiger partial charge in [-0.15, -0.1) is 35.3 Å². The number of aryl methyl sites for hydroxylation is 2. The molecule has 0 aromatic carbocycles. The lowest BCUT2D eigenvalue weighted by Crippen LogP contribution is -2.38. The third-order valence-electron chi connectivity index (χ3n) is 2.55. The van der Waals surface area contributed by atoms with Gasteiger partial charge in [-0.05, 0) is 27.0 Å². The maximum Gasteiger partial charge on any atom is 0.191 e. The zero-order valence-electron chi connectivity index (χ0n) is 12.7. The second-order valence-corrected chi connectivity index (χ2v) is 6.45. The molecule has 2 N–H and O–H groups in total. The molecule has 116 valence electrons. The Bertz CT molecular complexity index is 407. The highest BCUT2D eigenvalue weighted by atomic mass is 127. The molecule has 1 rings (SSSR count). The fraction of sp³-hybridized carbons (Fsp3) is 0.692. The lowest BCUT2D eigenvalue weighted by molar-refractivity contribution is 0.806. The van der Waals surface area contributed by atoms with Crippen molar-refractivity contribution >= 4 is 53.0 Å². The maximum atomic E-state index is 4.52. The zero-order chi connectivity index (χ0) is 14.1. The normalized spacial score (nSPS) is 11.1. The van der Waals surface area contributed by atoms with Gasteiger partial charge in [-0.1, -0.05) is 0 Å². The Kier molecular flexibility index (Phi) is 11.6. The largest absolute Gasteiger partial charge is 0.357 e. The zero-order valence-corrected chi connectivity index (χ0v) is 16.6. The van der Waals surface area contributed by atoms with E-state index < -0.39 is 0 Å². The summed E-state index contributed by atoms with van der Waals surface area (Å²) in [5, 5.41) is 7.78. The van der Waals surface area contributed by atoms with E-state index in [0.29, 0.717) is 0 Å². The van der Waals surface area contributed by atoms with Crippen LogP contribution in [-0.4, -0.2) is 42.6 Å². The van der Waals surface area contributed by atoms with Gasteiger partial charge in [0.1, 0.15) is 0 Å². The van der Waals surface area contributed by atoms with E-state index in [1.807, 2.05) is 11.8 Å². The highest BCUT2D eigenvalue weighted by Gasteiger charge is 2.04. The summed E-state index contributed by atoms with van der Waals surface area (Å²) in [5.74, 6) is 1.97. The first-order valence-corrected chi connectivity index (χ1v) is 8.82. The summed E-state index contributed by atoms with van der Waals surface area (Å²) in [5.41, 5.74) is 1.16. The standard InChI is InChI=1S/C13H24N4S2.HI/c1-5-14-13(16-8-9-18-4)15-7-6-12-10(2)17-11(3)19-12;/h5-9H2,1-4H3,(H2,14,15,16);1H. The molecule has 7 heteroatoms. The maximum absolute atomic E-state index is 4.52. The molecule has 1 aromatic heterocycles. The van der Waals surface area contributed by atoms with Gasteiger partial charge in [0.05, 0.1) is 17.2 Å². The minimum atomic E-state index is 0. The summed E-state index contributed by atoms with van der Waals surface area (Å²) in [6, 6.07) is 0. The number of rotatable bonds is 7. The van der Waals surface area contributed by atoms with Crippen LogP contribution in [0.15, 0.2) is 4.99 Å². The molecular formula is C13H25IN4S2. The van der Waals surface area contributed by atoms with E-state index in [9.17, 15) is 0 Å². The first-order valence-electron chi connectivity index (χ1n) is 6.61. The van der Waals surface area contributed by atoms with Crippen LogP contribution in [0.25, 0.3) is 0 Å². The monoisotopic (exact) mass is 428 g/mol. The lowest BCUT2D eigenvalue weighted by Gasteiger charge is -2.10. The van der Waals surface area contributed by atoms with Crippen LogP contribution in [-0.2, 0) is 6.42 Å². The molecule has 0 atom stereocenters. The number of nitrogens with zero attached hydrogens (tertiary/aromatic N) is 2. The van der Waals surface area contributed by atoms with E-state index in [1.54, 1.807) is 11.3 Å². The molecule has 20 heavy (non-hydrogen) atoms. The number of guanidine groups is 1. The van der Waals surface area contributed by atoms with E-state index in [4.69, 9.17) is 0 Å². The average molecular weight is 428 g/mol. The summed E-state index contributed by atoms with van der Waals surface area (Å²) in [4.78, 5) is 10.3. The first-order chi connectivity index (χ1) is 9.17. The minimum Gasteiger partial charge on any atom is -0.357 e. The van der Waals surface area contributed by atoms with Crippen LogP contribution >= 0.6 is 47.1 Å². The Morgan fingerprint density at radius 3 is 2.65 bits per heavy atom. The Labute approximate surface area is 147 Å². The summed E-state index contributed by atoms with van der Waals surface area (Å²) in [6.45, 7) is 8.87. The van der Waals surface area contributed by atoms with Crippen molar-refractivity contribution in [2.75, 3.05) is 31.6 Å². The smallest absolute Gasteiger partial charge is 0.191 e. The number of thioether (sulfide) groups is 1. The Hall–Kier alpha value is -0.0200. The van der Waals surface area contributed by atoms with Gasteiger partial charge >= 0.3 is 0 Å². The quantitative estimate of drug-likeness (QED) is 0.304. The van der Waals surface area contributed by atoms with Crippen molar-refractivity contribution in [3.05, 3.63) is 15.6 Å². The third-order valence-corrected chi connectivity index (χ3v) is 4.28. The fourth-order valence-corrected chi connectivity index (χ4v) is 2.90. The van der Waals surface area contributed by atoms with Crippen molar-refractivity contribution in [3.8, 4) is 0 Å². The lowest BCUT2D eigenvalue weighted by atomic mass is 10.3. The predicted molar refractivity (Wildman–Crippen MR) is 103 cm³/mol. The molecule has 1 heterocycles. The highest BCUT2D eigenvalue weighted by Crippen LogP contribution is 2.16. The second-order valence-electron chi connectivity index (χ2n) is 4.17. The van der Waals surface area contributed by atoms with Crippen molar-refractivity contribution in [2.45, 2.75) is 27.2 Å². The van der Waals surface area contributed by atoms with Crippen LogP contribution in [0, 0.1) is 13.8 Å². The number of aliphatic imine (C=N–C) groups is 1. The molecule has 0 saturated carbocycles. The van der Waals surface area contributed by atoms with E-state index in [2.05, 4.69) is 47.6 Å². The molecule has 0 aliphatic rings. The summed E-state index contributed by atoms with van der Waals surface area (Å²) in [7, 11) is 0. The minimum absolute atomic E-state index is 0. The van der Waals surface area contributed by atoms with Gasteiger partial charge < -0.3 is 10.6 Å². The number of hydrogen-bond donors (Lipinski definition) is 2. The highest BCUT2D eigenvalue weighted by molar-refractivity contribution is 14.0. The van der Waals surface area contributed by atoms with Gasteiger partial charge in [-0.25, -0.2) is 4.98 Å². The molecule has 0 unspecified atom stereocenters. The van der Waals surface area contributed by atoms with Gasteiger partial charge in [-0.2, -0.15) is 11.8 Å². The molecule has 0 radical (unpaired) electrons. The summed E-state index contributed by atoms with van der Waals surface area (Å²) < 4.78 is 0. The fourth-order valence-electron chi connectivity index (χ4n) is 1.69. The number of halogens is 1. The van der Waals surface area contributed by atoms with Crippen molar-refractivity contribution in [1.82, 2.24) is 15.6 Å². The van der Waals surface area contributed by atoms with E-state index in [1.165, 1.54) is 4.88 Å². The van der Waals surface area contributed by atoms with Crippen molar-refractivity contribution in [1.29, 1.82) is 0 Å². The van der Waals surface area contributed by atoms with Gasteiger partial charge in [0.15, 0.2) is 5.96 Å². The molecule has 0 aliphatic carbocycles. The number of hydrogen-bond acceptors (Lipinski definition) is 4. The van der Waals surface area contributed by atoms with Crippen molar-refractivity contribution in [3.63, 3.8) is 0 Å². The second kappa shape index (κ2) is 11.6. The predicted octanol–water partition coefficient (Wildman–Crippen LogP) is 2.84. The number of nitrogens with one attached hydrogen (secondary N) is 2. The van der Waals surface area contributed by atoms with Crippen molar-refractivity contribution in [2.24, 2.45) is 4.99 Å². The first kappa shape index (κ1) is 20.0. The molecule has 1 aromatic rings. The van der Waals surface area contributed by atoms with Crippen LogP contribution in [0.4, 0.5) is 0 Å². The number of thiazole rings is 1. The van der Waals surface area contributed by atoms with E-state index >= 15 is 0 Å². The van der Waals surface area contributed by atoms with Crippen LogP contribution in [0.5, 0.6) is 0 Å². The van der Waals surface area contributed by atoms with Gasteiger partial charge in [0.25, 0.3) is 0 Å². The molecule has 0 saturated heterocycles. The van der Waals surface area contributed by atoms with E-state index in [-0.39, 0.29) is 24.0 Å². The average Bonchev–Trinajstić information content (AvgIpc) is 2.68. The van der Waals surface area contributed by atoms with Crippen LogP contribution in [0.1, 0.15) is 22.5 Å². The summed E-state index contributed by atoms with van der Waals surface area (Å²) in [6.07, 6.45) is 3.11. The van der Waals surface area contributed by atoms with Crippen LogP contribution in [0.3, 0.4) is 0 Å². The van der Waals surface area contributed by atoms with Gasteiger partial charge in [0.2, 0.25) is 0 Å². The SMILES string of the molecule is CCNC(=NCCSC)NCCc1sc(C)nc1C.I. The summed E-state index contributed by atoms with van der Waals surface area (Å²) >= 11 is 3.60. The molecule has 4 nitrogen and oxygen atoms in total. The van der Waals surface area contributed by atoms with Gasteiger partial charge in [-0.3, -0.25) is 4.99 Å². The molecule has 0 fully saturated rings. The molecule has 0 spiro atoms.